The molecule has 1 aliphatic rings. The summed E-state index contributed by atoms with van der Waals surface area (Å²) in [5.41, 5.74) is 0. The Morgan fingerprint density at radius 1 is 1.67 bits per heavy atom. The zero-order chi connectivity index (χ0) is 8.39. The van der Waals surface area contributed by atoms with Crippen molar-refractivity contribution < 1.29 is 4.74 Å². The van der Waals surface area contributed by atoms with Crippen LogP contribution in [0.25, 0.3) is 0 Å². The van der Waals surface area contributed by atoms with E-state index in [0.29, 0.717) is 6.10 Å². The van der Waals surface area contributed by atoms with Gasteiger partial charge in [0.1, 0.15) is 12.2 Å². The lowest BCUT2D eigenvalue weighted by Gasteiger charge is -2.05. The number of nitrogens with zero attached hydrogens (tertiary/aromatic N) is 2. The van der Waals surface area contributed by atoms with Gasteiger partial charge < -0.3 is 10.1 Å². The summed E-state index contributed by atoms with van der Waals surface area (Å²) < 4.78 is 5.21. The average Bonchev–Trinajstić information content (AvgIpc) is 2.75. The van der Waals surface area contributed by atoms with E-state index in [9.17, 15) is 0 Å². The largest absolute Gasteiger partial charge is 0.380 e. The Morgan fingerprint density at radius 3 is 3.17 bits per heavy atom. The molecule has 2 rings (SSSR count). The van der Waals surface area contributed by atoms with Crippen molar-refractivity contribution in [3.8, 4) is 0 Å². The Balaban J connectivity index is 2.00. The number of hydrogen-bond acceptors (Lipinski definition) is 4. The van der Waals surface area contributed by atoms with E-state index < -0.39 is 0 Å². The van der Waals surface area contributed by atoms with Gasteiger partial charge in [-0.3, -0.25) is 5.10 Å². The summed E-state index contributed by atoms with van der Waals surface area (Å²) in [6.07, 6.45) is 2.79. The molecule has 1 aromatic heterocycles. The van der Waals surface area contributed by atoms with Crippen LogP contribution in [-0.4, -0.2) is 34.9 Å². The smallest absolute Gasteiger partial charge is 0.141 e. The number of ether oxygens (including phenoxy) is 1. The van der Waals surface area contributed by atoms with Gasteiger partial charge in [0.05, 0.1) is 12.1 Å². The molecular weight excluding hydrogens is 156 g/mol. The SMILES string of the molecule is CO[C@H]1CN[C@H](c2ncn[nH]2)C1. The molecule has 1 aromatic rings. The molecule has 2 heterocycles. The van der Waals surface area contributed by atoms with E-state index in [-0.39, 0.29) is 6.04 Å². The summed E-state index contributed by atoms with van der Waals surface area (Å²) in [7, 11) is 1.73. The van der Waals surface area contributed by atoms with Crippen molar-refractivity contribution in [3.05, 3.63) is 12.2 Å². The molecule has 0 unspecified atom stereocenters. The van der Waals surface area contributed by atoms with Gasteiger partial charge in [0.15, 0.2) is 0 Å². The Morgan fingerprint density at radius 2 is 2.58 bits per heavy atom. The predicted octanol–water partition coefficient (Wildman–Crippen LogP) is -0.146. The average molecular weight is 168 g/mol. The molecule has 0 radical (unpaired) electrons. The second kappa shape index (κ2) is 3.20. The van der Waals surface area contributed by atoms with Gasteiger partial charge in [-0.1, -0.05) is 0 Å². The Hall–Kier alpha value is -0.940. The number of aromatic nitrogens is 3. The van der Waals surface area contributed by atoms with Crippen LogP contribution in [0.5, 0.6) is 0 Å². The summed E-state index contributed by atoms with van der Waals surface area (Å²) in [5.74, 6) is 0.898. The van der Waals surface area contributed by atoms with Crippen molar-refractivity contribution in [2.45, 2.75) is 18.6 Å². The fraction of sp³-hybridized carbons (Fsp3) is 0.714. The van der Waals surface area contributed by atoms with E-state index in [1.54, 1.807) is 7.11 Å². The summed E-state index contributed by atoms with van der Waals surface area (Å²) in [5, 5.41) is 9.95. The maximum absolute atomic E-state index is 5.21. The molecule has 0 spiro atoms. The highest BCUT2D eigenvalue weighted by atomic mass is 16.5. The van der Waals surface area contributed by atoms with Crippen molar-refractivity contribution >= 4 is 0 Å². The van der Waals surface area contributed by atoms with Crippen LogP contribution >= 0.6 is 0 Å². The molecule has 5 heteroatoms. The second-order valence-corrected chi connectivity index (χ2v) is 2.92. The van der Waals surface area contributed by atoms with Crippen molar-refractivity contribution in [1.29, 1.82) is 0 Å². The van der Waals surface area contributed by atoms with Gasteiger partial charge in [0.25, 0.3) is 0 Å². The number of methoxy groups -OCH3 is 1. The van der Waals surface area contributed by atoms with E-state index in [4.69, 9.17) is 4.74 Å². The lowest BCUT2D eigenvalue weighted by atomic mass is 10.2. The van der Waals surface area contributed by atoms with Gasteiger partial charge in [-0.25, -0.2) is 4.98 Å². The monoisotopic (exact) mass is 168 g/mol. The van der Waals surface area contributed by atoms with Crippen molar-refractivity contribution in [1.82, 2.24) is 20.5 Å². The summed E-state index contributed by atoms with van der Waals surface area (Å²) in [6, 6.07) is 0.275. The zero-order valence-electron chi connectivity index (χ0n) is 6.95. The summed E-state index contributed by atoms with van der Waals surface area (Å²) >= 11 is 0. The first-order valence-electron chi connectivity index (χ1n) is 4.01. The minimum atomic E-state index is 0.275. The third-order valence-electron chi connectivity index (χ3n) is 2.19. The van der Waals surface area contributed by atoms with Crippen molar-refractivity contribution in [2.75, 3.05) is 13.7 Å². The van der Waals surface area contributed by atoms with E-state index in [1.807, 2.05) is 0 Å². The van der Waals surface area contributed by atoms with Crippen molar-refractivity contribution in [3.63, 3.8) is 0 Å². The molecular formula is C7H12N4O. The highest BCUT2D eigenvalue weighted by Gasteiger charge is 2.26. The Kier molecular flexibility index (Phi) is 2.05. The molecule has 1 saturated heterocycles. The maximum Gasteiger partial charge on any atom is 0.141 e. The van der Waals surface area contributed by atoms with Crippen LogP contribution < -0.4 is 5.32 Å². The summed E-state index contributed by atoms with van der Waals surface area (Å²) in [4.78, 5) is 4.08. The van der Waals surface area contributed by atoms with Crippen LogP contribution in [0.15, 0.2) is 6.33 Å². The topological polar surface area (TPSA) is 62.8 Å². The van der Waals surface area contributed by atoms with Crippen LogP contribution in [0.3, 0.4) is 0 Å². The first-order valence-corrected chi connectivity index (χ1v) is 4.01. The standard InChI is InChI=1S/C7H12N4O/c1-12-5-2-6(8-3-5)7-9-4-10-11-7/h4-6,8H,2-3H2,1H3,(H,9,10,11)/t5-,6+/m1/s1. The van der Waals surface area contributed by atoms with Gasteiger partial charge in [-0.05, 0) is 6.42 Å². The maximum atomic E-state index is 5.21. The van der Waals surface area contributed by atoms with E-state index in [2.05, 4.69) is 20.5 Å². The fourth-order valence-corrected chi connectivity index (χ4v) is 1.47. The normalized spacial score (nSPS) is 29.4. The van der Waals surface area contributed by atoms with Crippen LogP contribution in [0.1, 0.15) is 18.3 Å². The van der Waals surface area contributed by atoms with Gasteiger partial charge in [-0.2, -0.15) is 5.10 Å². The Labute approximate surface area is 70.5 Å². The van der Waals surface area contributed by atoms with E-state index in [0.717, 1.165) is 18.8 Å². The number of aromatic amines is 1. The van der Waals surface area contributed by atoms with Crippen molar-refractivity contribution in [2.24, 2.45) is 0 Å². The predicted molar refractivity (Wildman–Crippen MR) is 42.5 cm³/mol. The second-order valence-electron chi connectivity index (χ2n) is 2.92. The molecule has 12 heavy (non-hydrogen) atoms. The molecule has 2 N–H and O–H groups in total. The van der Waals surface area contributed by atoms with Crippen LogP contribution in [0.2, 0.25) is 0 Å². The summed E-state index contributed by atoms with van der Waals surface area (Å²) in [6.45, 7) is 0.891. The van der Waals surface area contributed by atoms with Crippen LogP contribution in [-0.2, 0) is 4.74 Å². The quantitative estimate of drug-likeness (QED) is 0.645. The molecule has 0 aliphatic carbocycles. The lowest BCUT2D eigenvalue weighted by molar-refractivity contribution is 0.117. The molecule has 0 aromatic carbocycles. The minimum absolute atomic E-state index is 0.275. The van der Waals surface area contributed by atoms with Crippen LogP contribution in [0.4, 0.5) is 0 Å². The van der Waals surface area contributed by atoms with E-state index in [1.165, 1.54) is 6.33 Å². The van der Waals surface area contributed by atoms with Gasteiger partial charge in [-0.15, -0.1) is 0 Å². The molecule has 1 aliphatic heterocycles. The third kappa shape index (κ3) is 1.33. The third-order valence-corrected chi connectivity index (χ3v) is 2.19. The Bertz CT molecular complexity index is 236. The number of rotatable bonds is 2. The molecule has 2 atom stereocenters. The van der Waals surface area contributed by atoms with Crippen LogP contribution in [0, 0.1) is 0 Å². The fourth-order valence-electron chi connectivity index (χ4n) is 1.47. The first-order chi connectivity index (χ1) is 5.90. The highest BCUT2D eigenvalue weighted by Crippen LogP contribution is 2.20. The molecule has 0 saturated carbocycles. The molecule has 5 nitrogen and oxygen atoms in total. The molecule has 0 bridgehead atoms. The zero-order valence-corrected chi connectivity index (χ0v) is 6.95. The van der Waals surface area contributed by atoms with Gasteiger partial charge >= 0.3 is 0 Å². The van der Waals surface area contributed by atoms with Gasteiger partial charge in [0.2, 0.25) is 0 Å². The number of nitrogens with one attached hydrogen (secondary N) is 2. The van der Waals surface area contributed by atoms with E-state index >= 15 is 0 Å². The molecule has 1 fully saturated rings. The lowest BCUT2D eigenvalue weighted by Crippen LogP contribution is -2.16. The first kappa shape index (κ1) is 7.70. The minimum Gasteiger partial charge on any atom is -0.380 e. The number of hydrogen-bond donors (Lipinski definition) is 2. The van der Waals surface area contributed by atoms with Gasteiger partial charge in [0, 0.05) is 13.7 Å². The molecule has 0 amide bonds. The number of H-pyrrole nitrogens is 1. The molecule has 66 valence electrons. The highest BCUT2D eigenvalue weighted by molar-refractivity contribution is 4.97.